The molecular weight excluding hydrogens is 188 g/mol. The van der Waals surface area contributed by atoms with Crippen molar-refractivity contribution in [2.45, 2.75) is 23.8 Å². The van der Waals surface area contributed by atoms with Gasteiger partial charge in [-0.15, -0.1) is 0 Å². The van der Waals surface area contributed by atoms with Gasteiger partial charge in [0.05, 0.1) is 5.25 Å². The highest BCUT2D eigenvalue weighted by molar-refractivity contribution is 8.00. The third-order valence-electron chi connectivity index (χ3n) is 1.61. The zero-order chi connectivity index (χ0) is 9.84. The molecule has 1 aromatic heterocycles. The summed E-state index contributed by atoms with van der Waals surface area (Å²) in [7, 11) is 1.78. The topological polar surface area (TPSA) is 73.8 Å². The minimum absolute atomic E-state index is 0.220. The molecule has 5 nitrogen and oxygen atoms in total. The van der Waals surface area contributed by atoms with E-state index in [1.807, 2.05) is 6.92 Å². The molecule has 1 rings (SSSR count). The van der Waals surface area contributed by atoms with Crippen molar-refractivity contribution < 1.29 is 4.79 Å². The average molecular weight is 200 g/mol. The lowest BCUT2D eigenvalue weighted by atomic mass is 10.3. The highest BCUT2D eigenvalue weighted by atomic mass is 32.2. The van der Waals surface area contributed by atoms with Gasteiger partial charge in [0.1, 0.15) is 6.33 Å². The van der Waals surface area contributed by atoms with Crippen LogP contribution in [0.3, 0.4) is 0 Å². The van der Waals surface area contributed by atoms with Crippen LogP contribution in [0.5, 0.6) is 0 Å². The quantitative estimate of drug-likeness (QED) is 0.703. The number of hydrogen-bond donors (Lipinski definition) is 1. The van der Waals surface area contributed by atoms with Crippen LogP contribution in [-0.2, 0) is 11.8 Å². The number of hydrogen-bond acceptors (Lipinski definition) is 4. The Morgan fingerprint density at radius 1 is 1.85 bits per heavy atom. The standard InChI is InChI=1S/C7H12N4OS/c1-3-5(6(8)12)13-7-9-4-10-11(7)2/h4-5H,3H2,1-2H3,(H2,8,12). The van der Waals surface area contributed by atoms with Crippen molar-refractivity contribution in [1.82, 2.24) is 14.8 Å². The first-order valence-electron chi connectivity index (χ1n) is 3.95. The van der Waals surface area contributed by atoms with Gasteiger partial charge < -0.3 is 5.73 Å². The van der Waals surface area contributed by atoms with Crippen molar-refractivity contribution >= 4 is 17.7 Å². The molecular formula is C7H12N4OS. The number of amides is 1. The number of nitrogens with zero attached hydrogens (tertiary/aromatic N) is 3. The molecule has 1 amide bonds. The summed E-state index contributed by atoms with van der Waals surface area (Å²) in [5.41, 5.74) is 5.20. The maximum absolute atomic E-state index is 10.9. The van der Waals surface area contributed by atoms with E-state index in [0.29, 0.717) is 11.6 Å². The molecule has 0 fully saturated rings. The summed E-state index contributed by atoms with van der Waals surface area (Å²) in [4.78, 5) is 14.9. The minimum Gasteiger partial charge on any atom is -0.369 e. The Balaban J connectivity index is 2.67. The van der Waals surface area contributed by atoms with Gasteiger partial charge in [-0.25, -0.2) is 9.67 Å². The monoisotopic (exact) mass is 200 g/mol. The van der Waals surface area contributed by atoms with Gasteiger partial charge in [0.15, 0.2) is 5.16 Å². The fourth-order valence-corrected chi connectivity index (χ4v) is 1.71. The largest absolute Gasteiger partial charge is 0.369 e. The second kappa shape index (κ2) is 4.27. The number of aromatic nitrogens is 3. The van der Waals surface area contributed by atoms with Crippen LogP contribution in [0.1, 0.15) is 13.3 Å². The summed E-state index contributed by atoms with van der Waals surface area (Å²) in [6, 6.07) is 0. The van der Waals surface area contributed by atoms with Gasteiger partial charge in [-0.05, 0) is 6.42 Å². The van der Waals surface area contributed by atoms with E-state index in [2.05, 4.69) is 10.1 Å². The zero-order valence-electron chi connectivity index (χ0n) is 7.60. The van der Waals surface area contributed by atoms with Gasteiger partial charge in [-0.2, -0.15) is 5.10 Å². The van der Waals surface area contributed by atoms with E-state index in [1.54, 1.807) is 11.7 Å². The van der Waals surface area contributed by atoms with Gasteiger partial charge in [0.25, 0.3) is 0 Å². The summed E-state index contributed by atoms with van der Waals surface area (Å²) >= 11 is 1.34. The number of aryl methyl sites for hydroxylation is 1. The number of carbonyl (C=O) groups is 1. The predicted octanol–water partition coefficient (Wildman–Crippen LogP) is 0.171. The van der Waals surface area contributed by atoms with E-state index in [4.69, 9.17) is 5.73 Å². The second-order valence-corrected chi connectivity index (χ2v) is 3.75. The maximum atomic E-state index is 10.9. The molecule has 1 unspecified atom stereocenters. The van der Waals surface area contributed by atoms with E-state index in [-0.39, 0.29) is 11.2 Å². The van der Waals surface area contributed by atoms with E-state index in [9.17, 15) is 4.79 Å². The molecule has 6 heteroatoms. The molecule has 1 heterocycles. The molecule has 0 aromatic carbocycles. The molecule has 0 spiro atoms. The lowest BCUT2D eigenvalue weighted by molar-refractivity contribution is -0.117. The van der Waals surface area contributed by atoms with Crippen molar-refractivity contribution in [2.75, 3.05) is 0 Å². The third-order valence-corrected chi connectivity index (χ3v) is 3.04. The number of carbonyl (C=O) groups excluding carboxylic acids is 1. The van der Waals surface area contributed by atoms with Crippen molar-refractivity contribution in [1.29, 1.82) is 0 Å². The lowest BCUT2D eigenvalue weighted by Gasteiger charge is -2.08. The normalized spacial score (nSPS) is 12.8. The fourth-order valence-electron chi connectivity index (χ4n) is 0.862. The number of primary amides is 1. The first-order valence-corrected chi connectivity index (χ1v) is 4.83. The first kappa shape index (κ1) is 10.0. The summed E-state index contributed by atoms with van der Waals surface area (Å²) in [5.74, 6) is -0.310. The number of nitrogens with two attached hydrogens (primary N) is 1. The molecule has 0 aliphatic carbocycles. The molecule has 1 atom stereocenters. The minimum atomic E-state index is -0.310. The van der Waals surface area contributed by atoms with Crippen LogP contribution in [0.25, 0.3) is 0 Å². The van der Waals surface area contributed by atoms with E-state index in [1.165, 1.54) is 18.1 Å². The molecule has 2 N–H and O–H groups in total. The van der Waals surface area contributed by atoms with E-state index in [0.717, 1.165) is 0 Å². The first-order chi connectivity index (χ1) is 6.15. The summed E-state index contributed by atoms with van der Waals surface area (Å²) < 4.78 is 1.62. The Morgan fingerprint density at radius 3 is 2.92 bits per heavy atom. The highest BCUT2D eigenvalue weighted by Gasteiger charge is 2.16. The fraction of sp³-hybridized carbons (Fsp3) is 0.571. The van der Waals surface area contributed by atoms with Gasteiger partial charge in [0, 0.05) is 7.05 Å². The molecule has 0 aliphatic rings. The average Bonchev–Trinajstić information content (AvgIpc) is 2.46. The Morgan fingerprint density at radius 2 is 2.54 bits per heavy atom. The van der Waals surface area contributed by atoms with E-state index < -0.39 is 0 Å². The summed E-state index contributed by atoms with van der Waals surface area (Å²) in [6.07, 6.45) is 2.16. The number of thioether (sulfide) groups is 1. The molecule has 0 saturated carbocycles. The van der Waals surface area contributed by atoms with Crippen molar-refractivity contribution in [3.05, 3.63) is 6.33 Å². The molecule has 1 aromatic rings. The van der Waals surface area contributed by atoms with Crippen molar-refractivity contribution in [3.8, 4) is 0 Å². The van der Waals surface area contributed by atoms with Crippen molar-refractivity contribution in [2.24, 2.45) is 12.8 Å². The van der Waals surface area contributed by atoms with Crippen molar-refractivity contribution in [3.63, 3.8) is 0 Å². The van der Waals surface area contributed by atoms with Crippen LogP contribution in [0.2, 0.25) is 0 Å². The Labute approximate surface area is 80.7 Å². The third kappa shape index (κ3) is 2.45. The highest BCUT2D eigenvalue weighted by Crippen LogP contribution is 2.21. The maximum Gasteiger partial charge on any atom is 0.231 e. The molecule has 0 bridgehead atoms. The molecule has 0 aliphatic heterocycles. The molecule has 13 heavy (non-hydrogen) atoms. The van der Waals surface area contributed by atoms with Gasteiger partial charge in [-0.3, -0.25) is 4.79 Å². The summed E-state index contributed by atoms with van der Waals surface area (Å²) in [5, 5.41) is 4.39. The molecule has 0 radical (unpaired) electrons. The SMILES string of the molecule is CCC(Sc1ncnn1C)C(N)=O. The van der Waals surface area contributed by atoms with Crippen LogP contribution in [-0.4, -0.2) is 25.9 Å². The van der Waals surface area contributed by atoms with E-state index >= 15 is 0 Å². The Bertz CT molecular complexity index is 298. The molecule has 0 saturated heterocycles. The van der Waals surface area contributed by atoms with Crippen LogP contribution in [0.4, 0.5) is 0 Å². The van der Waals surface area contributed by atoms with Crippen LogP contribution >= 0.6 is 11.8 Å². The van der Waals surface area contributed by atoms with Gasteiger partial charge >= 0.3 is 0 Å². The Hall–Kier alpha value is -1.04. The molecule has 72 valence electrons. The lowest BCUT2D eigenvalue weighted by Crippen LogP contribution is -2.25. The summed E-state index contributed by atoms with van der Waals surface area (Å²) in [6.45, 7) is 1.92. The van der Waals surface area contributed by atoms with Gasteiger partial charge in [-0.1, -0.05) is 18.7 Å². The zero-order valence-corrected chi connectivity index (χ0v) is 8.41. The Kier molecular flexibility index (Phi) is 3.30. The number of rotatable bonds is 4. The predicted molar refractivity (Wildman–Crippen MR) is 50.1 cm³/mol. The smallest absolute Gasteiger partial charge is 0.231 e. The van der Waals surface area contributed by atoms with Crippen LogP contribution < -0.4 is 5.73 Å². The van der Waals surface area contributed by atoms with Gasteiger partial charge in [0.2, 0.25) is 5.91 Å². The van der Waals surface area contributed by atoms with Crippen LogP contribution in [0.15, 0.2) is 11.5 Å². The van der Waals surface area contributed by atoms with Crippen LogP contribution in [0, 0.1) is 0 Å². The second-order valence-electron chi connectivity index (χ2n) is 2.58.